The molecule has 0 saturated carbocycles. The van der Waals surface area contributed by atoms with Gasteiger partial charge in [0.25, 0.3) is 0 Å². The van der Waals surface area contributed by atoms with E-state index >= 15 is 0 Å². The van der Waals surface area contributed by atoms with E-state index in [1.54, 1.807) is 6.92 Å². The molecule has 25 heavy (non-hydrogen) atoms. The number of carbonyl (C=O) groups is 2. The van der Waals surface area contributed by atoms with Crippen molar-refractivity contribution < 1.29 is 32.2 Å². The van der Waals surface area contributed by atoms with Gasteiger partial charge in [0.05, 0.1) is 12.7 Å². The Morgan fingerprint density at radius 1 is 1.24 bits per heavy atom. The number of rotatable bonds is 7. The van der Waals surface area contributed by atoms with E-state index < -0.39 is 46.1 Å². The maximum Gasteiger partial charge on any atom is 0.343 e. The molecule has 0 unspecified atom stereocenters. The van der Waals surface area contributed by atoms with Crippen LogP contribution in [0.1, 0.15) is 17.3 Å². The zero-order valence-electron chi connectivity index (χ0n) is 14.3. The Morgan fingerprint density at radius 2 is 1.84 bits per heavy atom. The van der Waals surface area contributed by atoms with Gasteiger partial charge in [-0.15, -0.1) is 0 Å². The summed E-state index contributed by atoms with van der Waals surface area (Å²) in [6.07, 6.45) is 1.09. The predicted molar refractivity (Wildman–Crippen MR) is 84.7 cm³/mol. The lowest BCUT2D eigenvalue weighted by Gasteiger charge is -2.13. The third kappa shape index (κ3) is 4.85. The lowest BCUT2D eigenvalue weighted by molar-refractivity contribution is -0.137. The van der Waals surface area contributed by atoms with Gasteiger partial charge in [-0.2, -0.15) is 4.39 Å². The fourth-order valence-corrected chi connectivity index (χ4v) is 1.80. The van der Waals surface area contributed by atoms with Gasteiger partial charge in [0, 0.05) is 20.3 Å². The third-order valence-corrected chi connectivity index (χ3v) is 2.87. The molecular formula is C17H18F3NO4. The number of ketones is 1. The molecule has 0 saturated heterocycles. The fourth-order valence-electron chi connectivity index (χ4n) is 1.80. The minimum absolute atomic E-state index is 0.152. The van der Waals surface area contributed by atoms with Crippen LogP contribution in [-0.4, -0.2) is 44.5 Å². The number of esters is 1. The van der Waals surface area contributed by atoms with Gasteiger partial charge in [0.15, 0.2) is 17.4 Å². The first kappa shape index (κ1) is 20.3. The maximum absolute atomic E-state index is 14.3. The van der Waals surface area contributed by atoms with E-state index in [-0.39, 0.29) is 6.61 Å². The smallest absolute Gasteiger partial charge is 0.343 e. The number of carbonyl (C=O) groups excluding carboxylic acids is 2. The van der Waals surface area contributed by atoms with Crippen molar-refractivity contribution in [3.63, 3.8) is 0 Å². The van der Waals surface area contributed by atoms with Crippen molar-refractivity contribution in [2.45, 2.75) is 6.92 Å². The number of methoxy groups -OCH3 is 1. The average molecular weight is 357 g/mol. The van der Waals surface area contributed by atoms with Crippen LogP contribution in [0.25, 0.3) is 0 Å². The van der Waals surface area contributed by atoms with E-state index in [4.69, 9.17) is 4.74 Å². The highest BCUT2D eigenvalue weighted by Crippen LogP contribution is 2.28. The van der Waals surface area contributed by atoms with Crippen LogP contribution >= 0.6 is 0 Å². The van der Waals surface area contributed by atoms with E-state index in [9.17, 15) is 22.8 Å². The summed E-state index contributed by atoms with van der Waals surface area (Å²) in [4.78, 5) is 26.0. The molecule has 1 aromatic carbocycles. The number of hydrogen-bond donors (Lipinski definition) is 0. The molecule has 0 fully saturated rings. The highest BCUT2D eigenvalue weighted by molar-refractivity contribution is 6.24. The van der Waals surface area contributed by atoms with Crippen molar-refractivity contribution in [3.05, 3.63) is 53.0 Å². The Morgan fingerprint density at radius 3 is 2.32 bits per heavy atom. The Labute approximate surface area is 143 Å². The van der Waals surface area contributed by atoms with Gasteiger partial charge in [-0.25, -0.2) is 13.6 Å². The summed E-state index contributed by atoms with van der Waals surface area (Å²) in [5.41, 5.74) is -0.889. The van der Waals surface area contributed by atoms with E-state index in [0.29, 0.717) is 11.6 Å². The second-order valence-corrected chi connectivity index (χ2v) is 5.44. The Bertz CT molecular complexity index is 742. The van der Waals surface area contributed by atoms with Crippen LogP contribution in [0.5, 0.6) is 5.75 Å². The molecule has 0 atom stereocenters. The number of ether oxygens (including phenoxy) is 2. The molecule has 0 aromatic heterocycles. The average Bonchev–Trinajstić information content (AvgIpc) is 2.53. The molecule has 0 heterocycles. The number of benzene rings is 1. The van der Waals surface area contributed by atoms with Gasteiger partial charge in [0.2, 0.25) is 11.6 Å². The van der Waals surface area contributed by atoms with Crippen molar-refractivity contribution in [2.24, 2.45) is 0 Å². The predicted octanol–water partition coefficient (Wildman–Crippen LogP) is 2.86. The van der Waals surface area contributed by atoms with Gasteiger partial charge in [-0.1, -0.05) is 6.58 Å². The number of hydrogen-bond acceptors (Lipinski definition) is 5. The van der Waals surface area contributed by atoms with Crippen LogP contribution in [0.3, 0.4) is 0 Å². The van der Waals surface area contributed by atoms with Crippen molar-refractivity contribution in [1.82, 2.24) is 4.90 Å². The number of halogens is 3. The first-order chi connectivity index (χ1) is 11.6. The van der Waals surface area contributed by atoms with Crippen molar-refractivity contribution >= 4 is 11.8 Å². The second-order valence-electron chi connectivity index (χ2n) is 5.44. The van der Waals surface area contributed by atoms with E-state index in [0.717, 1.165) is 13.3 Å². The molecule has 0 spiro atoms. The SMILES string of the molecule is C=C(C)COC(=O)C(=CN(C)C)C(=O)c1cc(F)c(F)c(OC)c1F. The van der Waals surface area contributed by atoms with Gasteiger partial charge in [-0.05, 0) is 18.6 Å². The lowest BCUT2D eigenvalue weighted by Crippen LogP contribution is -2.21. The Kier molecular flexibility index (Phi) is 6.78. The molecule has 5 nitrogen and oxygen atoms in total. The van der Waals surface area contributed by atoms with Crippen molar-refractivity contribution in [2.75, 3.05) is 27.8 Å². The monoisotopic (exact) mass is 357 g/mol. The molecule has 1 rings (SSSR count). The minimum atomic E-state index is -1.57. The molecule has 0 N–H and O–H groups in total. The van der Waals surface area contributed by atoms with Gasteiger partial charge in [-0.3, -0.25) is 4.79 Å². The van der Waals surface area contributed by atoms with Gasteiger partial charge in [0.1, 0.15) is 12.2 Å². The lowest BCUT2D eigenvalue weighted by atomic mass is 10.0. The molecule has 0 aliphatic rings. The van der Waals surface area contributed by atoms with Crippen LogP contribution in [0.2, 0.25) is 0 Å². The van der Waals surface area contributed by atoms with Crippen LogP contribution in [0.15, 0.2) is 30.0 Å². The topological polar surface area (TPSA) is 55.8 Å². The molecule has 0 bridgehead atoms. The van der Waals surface area contributed by atoms with E-state index in [1.807, 2.05) is 0 Å². The second kappa shape index (κ2) is 8.36. The maximum atomic E-state index is 14.3. The fraction of sp³-hybridized carbons (Fsp3) is 0.294. The molecule has 1 aromatic rings. The number of Topliss-reactive ketones (excluding diaryl/α,β-unsaturated/α-hetero) is 1. The number of nitrogens with zero attached hydrogens (tertiary/aromatic N) is 1. The normalized spacial score (nSPS) is 11.1. The van der Waals surface area contributed by atoms with Crippen LogP contribution < -0.4 is 4.74 Å². The molecule has 0 radical (unpaired) electrons. The largest absolute Gasteiger partial charge is 0.491 e. The summed E-state index contributed by atoms with van der Waals surface area (Å²) in [6, 6.07) is 0.366. The summed E-state index contributed by atoms with van der Waals surface area (Å²) in [7, 11) is 3.95. The molecule has 136 valence electrons. The molecular weight excluding hydrogens is 339 g/mol. The molecule has 0 amide bonds. The van der Waals surface area contributed by atoms with Gasteiger partial charge < -0.3 is 14.4 Å². The van der Waals surface area contributed by atoms with Crippen molar-refractivity contribution in [3.8, 4) is 5.75 Å². The highest BCUT2D eigenvalue weighted by atomic mass is 19.2. The summed E-state index contributed by atoms with van der Waals surface area (Å²) < 4.78 is 50.7. The molecule has 8 heteroatoms. The van der Waals surface area contributed by atoms with Crippen molar-refractivity contribution in [1.29, 1.82) is 0 Å². The zero-order valence-corrected chi connectivity index (χ0v) is 14.3. The minimum Gasteiger partial charge on any atom is -0.491 e. The molecule has 0 aliphatic carbocycles. The third-order valence-electron chi connectivity index (χ3n) is 2.87. The van der Waals surface area contributed by atoms with Crippen LogP contribution in [0, 0.1) is 17.5 Å². The summed E-state index contributed by atoms with van der Waals surface area (Å²) in [5, 5.41) is 0. The standard InChI is InChI=1S/C17H18F3NO4/c1-9(2)8-25-17(23)11(7-21(3)4)15(22)10-6-12(18)14(20)16(24-5)13(10)19/h6-7H,1,8H2,2-5H3. The molecule has 0 aliphatic heterocycles. The van der Waals surface area contributed by atoms with Gasteiger partial charge >= 0.3 is 5.97 Å². The zero-order chi connectivity index (χ0) is 19.3. The van der Waals surface area contributed by atoms with E-state index in [1.165, 1.54) is 19.0 Å². The first-order valence-electron chi connectivity index (χ1n) is 7.06. The summed E-state index contributed by atoms with van der Waals surface area (Å²) >= 11 is 0. The Hall–Kier alpha value is -2.77. The first-order valence-corrected chi connectivity index (χ1v) is 7.06. The van der Waals surface area contributed by atoms with Crippen LogP contribution in [0.4, 0.5) is 13.2 Å². The highest BCUT2D eigenvalue weighted by Gasteiger charge is 2.29. The van der Waals surface area contributed by atoms with E-state index in [2.05, 4.69) is 11.3 Å². The Balaban J connectivity index is 3.39. The van der Waals surface area contributed by atoms with Crippen LogP contribution in [-0.2, 0) is 9.53 Å². The quantitative estimate of drug-likeness (QED) is 0.143. The summed E-state index contributed by atoms with van der Waals surface area (Å²) in [5.74, 6) is -7.74. The summed E-state index contributed by atoms with van der Waals surface area (Å²) in [6.45, 7) is 5.00.